The molecule has 2 aromatic rings. The minimum absolute atomic E-state index is 0.0444. The molecule has 0 amide bonds. The summed E-state index contributed by atoms with van der Waals surface area (Å²) in [5, 5.41) is 13.8. The summed E-state index contributed by atoms with van der Waals surface area (Å²) in [5.74, 6) is -0.223. The lowest BCUT2D eigenvalue weighted by atomic mass is 10.0. The average Bonchev–Trinajstić information content (AvgIpc) is 3.16. The maximum atomic E-state index is 11.4. The molecule has 6 nitrogen and oxygen atoms in total. The van der Waals surface area contributed by atoms with Gasteiger partial charge in [-0.3, -0.25) is 0 Å². The Morgan fingerprint density at radius 1 is 1.52 bits per heavy atom. The van der Waals surface area contributed by atoms with Crippen LogP contribution in [0, 0.1) is 0 Å². The molecule has 2 heterocycles. The Kier molecular flexibility index (Phi) is 3.62. The molecule has 1 aromatic carbocycles. The highest BCUT2D eigenvalue weighted by Gasteiger charge is 2.27. The third-order valence-electron chi connectivity index (χ3n) is 3.61. The number of carbonyl (C=O) groups is 1. The van der Waals surface area contributed by atoms with E-state index in [0.717, 1.165) is 12.1 Å². The van der Waals surface area contributed by atoms with Crippen molar-refractivity contribution in [3.05, 3.63) is 41.7 Å². The van der Waals surface area contributed by atoms with Crippen molar-refractivity contribution in [2.24, 2.45) is 0 Å². The van der Waals surface area contributed by atoms with Gasteiger partial charge in [0.25, 0.3) is 0 Å². The second kappa shape index (κ2) is 5.57. The van der Waals surface area contributed by atoms with Gasteiger partial charge >= 0.3 is 5.97 Å². The fourth-order valence-corrected chi connectivity index (χ4v) is 2.49. The van der Waals surface area contributed by atoms with Crippen LogP contribution < -0.4 is 4.74 Å². The van der Waals surface area contributed by atoms with Gasteiger partial charge in [-0.2, -0.15) is 5.10 Å². The summed E-state index contributed by atoms with van der Waals surface area (Å²) < 4.78 is 12.1. The molecule has 1 aliphatic heterocycles. The molecule has 0 aliphatic carbocycles. The number of aromatic nitrogens is 2. The van der Waals surface area contributed by atoms with E-state index in [1.54, 1.807) is 18.0 Å². The molecule has 1 fully saturated rings. The first-order valence-corrected chi connectivity index (χ1v) is 6.74. The summed E-state index contributed by atoms with van der Waals surface area (Å²) in [6.45, 7) is 1.17. The maximum Gasteiger partial charge on any atom is 0.339 e. The smallest absolute Gasteiger partial charge is 0.339 e. The Morgan fingerprint density at radius 3 is 3.05 bits per heavy atom. The Labute approximate surface area is 121 Å². The highest BCUT2D eigenvalue weighted by atomic mass is 16.5. The van der Waals surface area contributed by atoms with E-state index in [-0.39, 0.29) is 11.5 Å². The first-order chi connectivity index (χ1) is 10.2. The molecule has 0 spiro atoms. The Balaban J connectivity index is 2.02. The molecule has 1 atom stereocenters. The summed E-state index contributed by atoms with van der Waals surface area (Å²) in [7, 11) is 1.59. The third kappa shape index (κ3) is 2.62. The zero-order valence-electron chi connectivity index (χ0n) is 11.7. The number of ether oxygens (including phenoxy) is 2. The van der Waals surface area contributed by atoms with Crippen LogP contribution in [0.15, 0.2) is 30.5 Å². The van der Waals surface area contributed by atoms with Gasteiger partial charge in [0.2, 0.25) is 0 Å². The monoisotopic (exact) mass is 288 g/mol. The van der Waals surface area contributed by atoms with Gasteiger partial charge < -0.3 is 14.6 Å². The van der Waals surface area contributed by atoms with Crippen molar-refractivity contribution in [3.63, 3.8) is 0 Å². The van der Waals surface area contributed by atoms with Crippen LogP contribution in [0.2, 0.25) is 0 Å². The molecular weight excluding hydrogens is 272 g/mol. The predicted octanol–water partition coefficient (Wildman–Crippen LogP) is 2.08. The van der Waals surface area contributed by atoms with E-state index in [2.05, 4.69) is 5.10 Å². The van der Waals surface area contributed by atoms with Crippen molar-refractivity contribution < 1.29 is 19.4 Å². The predicted molar refractivity (Wildman–Crippen MR) is 75.3 cm³/mol. The molecule has 1 aliphatic rings. The van der Waals surface area contributed by atoms with Crippen molar-refractivity contribution in [2.45, 2.75) is 12.3 Å². The van der Waals surface area contributed by atoms with Crippen LogP contribution in [0.3, 0.4) is 0 Å². The van der Waals surface area contributed by atoms with Crippen molar-refractivity contribution in [1.82, 2.24) is 9.78 Å². The number of hydrogen-bond donors (Lipinski definition) is 1. The van der Waals surface area contributed by atoms with Crippen LogP contribution in [0.4, 0.5) is 0 Å². The highest BCUT2D eigenvalue weighted by molar-refractivity contribution is 5.89. The van der Waals surface area contributed by atoms with E-state index in [0.29, 0.717) is 24.7 Å². The average molecular weight is 288 g/mol. The van der Waals surface area contributed by atoms with Crippen LogP contribution >= 0.6 is 0 Å². The molecule has 21 heavy (non-hydrogen) atoms. The first-order valence-electron chi connectivity index (χ1n) is 6.74. The van der Waals surface area contributed by atoms with Gasteiger partial charge in [0, 0.05) is 24.8 Å². The second-order valence-electron chi connectivity index (χ2n) is 4.94. The molecule has 6 heteroatoms. The molecule has 1 saturated heterocycles. The number of rotatable bonds is 4. The molecule has 0 radical (unpaired) electrons. The molecule has 1 aromatic heterocycles. The Bertz CT molecular complexity index is 659. The summed E-state index contributed by atoms with van der Waals surface area (Å²) in [5.41, 5.74) is 1.58. The van der Waals surface area contributed by atoms with Gasteiger partial charge in [-0.05, 0) is 18.6 Å². The lowest BCUT2D eigenvalue weighted by molar-refractivity contribution is 0.0695. The Morgan fingerprint density at radius 2 is 2.38 bits per heavy atom. The summed E-state index contributed by atoms with van der Waals surface area (Å²) in [6.07, 6.45) is 2.35. The molecule has 1 unspecified atom stereocenters. The third-order valence-corrected chi connectivity index (χ3v) is 3.61. The number of aromatic carboxylic acids is 1. The lowest BCUT2D eigenvalue weighted by Gasteiger charge is -2.05. The highest BCUT2D eigenvalue weighted by Crippen LogP contribution is 2.28. The number of benzene rings is 1. The summed E-state index contributed by atoms with van der Waals surface area (Å²) in [4.78, 5) is 11.4. The normalized spacial score (nSPS) is 17.9. The van der Waals surface area contributed by atoms with Gasteiger partial charge in [0.15, 0.2) is 0 Å². The van der Waals surface area contributed by atoms with E-state index >= 15 is 0 Å². The molecule has 0 saturated carbocycles. The van der Waals surface area contributed by atoms with Crippen LogP contribution in [-0.2, 0) is 4.74 Å². The van der Waals surface area contributed by atoms with E-state index in [1.807, 2.05) is 24.3 Å². The SMILES string of the molecule is COc1cccc(-n2cc(C(=O)O)c(C3CCOC3)n2)c1. The molecular formula is C15H16N2O4. The van der Waals surface area contributed by atoms with Crippen molar-refractivity contribution in [1.29, 1.82) is 0 Å². The lowest BCUT2D eigenvalue weighted by Crippen LogP contribution is -2.06. The standard InChI is InChI=1S/C15H16N2O4/c1-20-12-4-2-3-11(7-12)17-8-13(15(18)19)14(16-17)10-5-6-21-9-10/h2-4,7-8,10H,5-6,9H2,1H3,(H,18,19). The van der Waals surface area contributed by atoms with E-state index in [1.165, 1.54) is 0 Å². The van der Waals surface area contributed by atoms with Crippen LogP contribution in [0.1, 0.15) is 28.4 Å². The topological polar surface area (TPSA) is 73.6 Å². The number of nitrogens with zero attached hydrogens (tertiary/aromatic N) is 2. The summed E-state index contributed by atoms with van der Waals surface area (Å²) in [6, 6.07) is 7.34. The van der Waals surface area contributed by atoms with Gasteiger partial charge in [-0.15, -0.1) is 0 Å². The summed E-state index contributed by atoms with van der Waals surface area (Å²) >= 11 is 0. The van der Waals surface area contributed by atoms with Crippen molar-refractivity contribution >= 4 is 5.97 Å². The Hall–Kier alpha value is -2.34. The second-order valence-corrected chi connectivity index (χ2v) is 4.94. The minimum Gasteiger partial charge on any atom is -0.497 e. The maximum absolute atomic E-state index is 11.4. The van der Waals surface area contributed by atoms with Gasteiger partial charge in [0.1, 0.15) is 11.3 Å². The number of carboxylic acid groups (broad SMARTS) is 1. The number of methoxy groups -OCH3 is 1. The minimum atomic E-state index is -0.967. The quantitative estimate of drug-likeness (QED) is 0.932. The number of hydrogen-bond acceptors (Lipinski definition) is 4. The first kappa shape index (κ1) is 13.6. The molecule has 3 rings (SSSR count). The fraction of sp³-hybridized carbons (Fsp3) is 0.333. The van der Waals surface area contributed by atoms with Crippen LogP contribution in [0.5, 0.6) is 5.75 Å². The zero-order chi connectivity index (χ0) is 14.8. The van der Waals surface area contributed by atoms with E-state index in [4.69, 9.17) is 9.47 Å². The number of carboxylic acids is 1. The molecule has 1 N–H and O–H groups in total. The fourth-order valence-electron chi connectivity index (χ4n) is 2.49. The van der Waals surface area contributed by atoms with Gasteiger partial charge in [0.05, 0.1) is 25.1 Å². The van der Waals surface area contributed by atoms with Gasteiger partial charge in [-0.25, -0.2) is 9.48 Å². The van der Waals surface area contributed by atoms with E-state index < -0.39 is 5.97 Å². The van der Waals surface area contributed by atoms with Crippen molar-refractivity contribution in [3.8, 4) is 11.4 Å². The van der Waals surface area contributed by atoms with Crippen LogP contribution in [-0.4, -0.2) is 41.2 Å². The van der Waals surface area contributed by atoms with Crippen molar-refractivity contribution in [2.75, 3.05) is 20.3 Å². The van der Waals surface area contributed by atoms with Gasteiger partial charge in [-0.1, -0.05) is 6.07 Å². The van der Waals surface area contributed by atoms with E-state index in [9.17, 15) is 9.90 Å². The van der Waals surface area contributed by atoms with Crippen LogP contribution in [0.25, 0.3) is 5.69 Å². The largest absolute Gasteiger partial charge is 0.497 e. The zero-order valence-corrected chi connectivity index (χ0v) is 11.7. The molecule has 110 valence electrons. The molecule has 0 bridgehead atoms.